The van der Waals surface area contributed by atoms with Crippen LogP contribution >= 0.6 is 0 Å². The molecular formula is C16H27NO3S. The molecule has 0 saturated carbocycles. The van der Waals surface area contributed by atoms with Crippen LogP contribution in [0.1, 0.15) is 33.3 Å². The monoisotopic (exact) mass is 313 g/mol. The van der Waals surface area contributed by atoms with E-state index in [2.05, 4.69) is 27.7 Å². The van der Waals surface area contributed by atoms with Gasteiger partial charge in [0.05, 0.1) is 26.2 Å². The van der Waals surface area contributed by atoms with Crippen LogP contribution in [0.2, 0.25) is 0 Å². The number of quaternary nitrogens is 1. The molecule has 0 N–H and O–H groups in total. The van der Waals surface area contributed by atoms with E-state index >= 15 is 0 Å². The summed E-state index contributed by atoms with van der Waals surface area (Å²) < 4.78 is 31.8. The van der Waals surface area contributed by atoms with Gasteiger partial charge in [-0.05, 0) is 39.3 Å². The molecule has 0 aliphatic rings. The topological polar surface area (TPSA) is 57.2 Å². The van der Waals surface area contributed by atoms with E-state index in [1.54, 1.807) is 24.3 Å². The molecular weight excluding hydrogens is 286 g/mol. The van der Waals surface area contributed by atoms with Crippen molar-refractivity contribution in [3.63, 3.8) is 0 Å². The lowest BCUT2D eigenvalue weighted by Crippen LogP contribution is -2.47. The predicted octanol–water partition coefficient (Wildman–Crippen LogP) is 3.09. The highest BCUT2D eigenvalue weighted by molar-refractivity contribution is 7.88. The molecule has 1 aromatic carbocycles. The Hall–Kier alpha value is -1.17. The fourth-order valence-corrected chi connectivity index (χ4v) is 2.39. The fourth-order valence-electron chi connectivity index (χ4n) is 2.07. The van der Waals surface area contributed by atoms with E-state index in [-0.39, 0.29) is 0 Å². The van der Waals surface area contributed by atoms with Crippen molar-refractivity contribution in [3.8, 4) is 0 Å². The Kier molecular flexibility index (Phi) is 9.17. The number of hydrogen-bond acceptors (Lipinski definition) is 3. The van der Waals surface area contributed by atoms with Crippen LogP contribution in [0.25, 0.3) is 6.08 Å². The van der Waals surface area contributed by atoms with E-state index in [9.17, 15) is 13.0 Å². The van der Waals surface area contributed by atoms with Crippen molar-refractivity contribution >= 4 is 16.2 Å². The average Bonchev–Trinajstić information content (AvgIpc) is 2.49. The largest absolute Gasteiger partial charge is 0.744 e. The van der Waals surface area contributed by atoms with Gasteiger partial charge in [-0.15, -0.1) is 0 Å². The van der Waals surface area contributed by atoms with Gasteiger partial charge in [0.15, 0.2) is 0 Å². The smallest absolute Gasteiger partial charge is 0.117 e. The molecule has 0 radical (unpaired) electrons. The van der Waals surface area contributed by atoms with Gasteiger partial charge in [-0.25, -0.2) is 8.42 Å². The zero-order chi connectivity index (χ0) is 16.4. The summed E-state index contributed by atoms with van der Waals surface area (Å²) >= 11 is 0. The van der Waals surface area contributed by atoms with E-state index in [4.69, 9.17) is 0 Å². The maximum atomic E-state index is 10.2. The lowest BCUT2D eigenvalue weighted by atomic mass is 10.2. The van der Waals surface area contributed by atoms with Crippen LogP contribution in [-0.4, -0.2) is 43.6 Å². The summed E-state index contributed by atoms with van der Waals surface area (Å²) in [7, 11) is -4.25. The van der Waals surface area contributed by atoms with E-state index in [1.807, 2.05) is 6.07 Å². The third-order valence-electron chi connectivity index (χ3n) is 3.91. The van der Waals surface area contributed by atoms with Gasteiger partial charge < -0.3 is 9.04 Å². The Bertz CT molecular complexity index is 488. The van der Waals surface area contributed by atoms with Crippen LogP contribution in [0, 0.1) is 0 Å². The van der Waals surface area contributed by atoms with Crippen molar-refractivity contribution in [2.75, 3.05) is 26.2 Å². The molecule has 0 aromatic heterocycles. The summed E-state index contributed by atoms with van der Waals surface area (Å²) in [5.74, 6) is 0. The summed E-state index contributed by atoms with van der Waals surface area (Å²) in [6, 6.07) is 8.75. The highest BCUT2D eigenvalue weighted by Crippen LogP contribution is 2.03. The highest BCUT2D eigenvalue weighted by Gasteiger charge is 2.16. The lowest BCUT2D eigenvalue weighted by molar-refractivity contribution is -0.921. The minimum Gasteiger partial charge on any atom is -0.744 e. The van der Waals surface area contributed by atoms with Crippen LogP contribution in [0.5, 0.6) is 0 Å². The zero-order valence-corrected chi connectivity index (χ0v) is 14.3. The lowest BCUT2D eigenvalue weighted by Gasteiger charge is -2.34. The van der Waals surface area contributed by atoms with Gasteiger partial charge >= 0.3 is 0 Å². The summed E-state index contributed by atoms with van der Waals surface area (Å²) in [6.45, 7) is 14.2. The second-order valence-electron chi connectivity index (χ2n) is 4.81. The van der Waals surface area contributed by atoms with Crippen molar-refractivity contribution in [2.24, 2.45) is 0 Å². The summed E-state index contributed by atoms with van der Waals surface area (Å²) in [4.78, 5) is 0. The molecule has 0 atom stereocenters. The van der Waals surface area contributed by atoms with E-state index in [0.29, 0.717) is 11.0 Å². The Morgan fingerprint density at radius 1 is 0.952 bits per heavy atom. The van der Waals surface area contributed by atoms with E-state index < -0.39 is 10.1 Å². The molecule has 1 rings (SSSR count). The Morgan fingerprint density at radius 2 is 1.38 bits per heavy atom. The first-order valence-corrected chi connectivity index (χ1v) is 8.83. The van der Waals surface area contributed by atoms with Gasteiger partial charge in [-0.1, -0.05) is 30.3 Å². The Labute approximate surface area is 129 Å². The van der Waals surface area contributed by atoms with Crippen molar-refractivity contribution in [1.29, 1.82) is 0 Å². The van der Waals surface area contributed by atoms with Crippen molar-refractivity contribution in [1.82, 2.24) is 0 Å². The Morgan fingerprint density at radius 3 is 1.67 bits per heavy atom. The molecule has 0 bridgehead atoms. The first-order valence-electron chi connectivity index (χ1n) is 7.36. The maximum Gasteiger partial charge on any atom is 0.117 e. The predicted molar refractivity (Wildman–Crippen MR) is 87.6 cm³/mol. The molecule has 21 heavy (non-hydrogen) atoms. The molecule has 0 aliphatic carbocycles. The molecule has 0 amide bonds. The van der Waals surface area contributed by atoms with Crippen LogP contribution < -0.4 is 0 Å². The van der Waals surface area contributed by atoms with Crippen LogP contribution in [0.3, 0.4) is 0 Å². The van der Waals surface area contributed by atoms with E-state index in [1.165, 1.54) is 36.7 Å². The normalized spacial score (nSPS) is 12.0. The molecule has 4 nitrogen and oxygen atoms in total. The summed E-state index contributed by atoms with van der Waals surface area (Å²) in [5.41, 5.74) is 0.692. The molecule has 0 heterocycles. The number of benzene rings is 1. The SMILES string of the molecule is CC[N+](CC)(CC)CC.O=S(=O)([O-])C=Cc1ccccc1. The fraction of sp³-hybridized carbons (Fsp3) is 0.500. The standard InChI is InChI=1S/C8H20N.C8H8O3S/c1-5-9(6-2,7-3)8-4;9-12(10,11)7-6-8-4-2-1-3-5-8/h5-8H2,1-4H3;1-7H,(H,9,10,11)/q+1;/p-1. The second-order valence-corrected chi connectivity index (χ2v) is 6.07. The van der Waals surface area contributed by atoms with Gasteiger partial charge in [-0.3, -0.25) is 0 Å². The minimum absolute atomic E-state index is 0.641. The molecule has 0 unspecified atom stereocenters. The number of hydrogen-bond donors (Lipinski definition) is 0. The first kappa shape index (κ1) is 19.8. The highest BCUT2D eigenvalue weighted by atomic mass is 32.2. The van der Waals surface area contributed by atoms with Gasteiger partial charge in [0.25, 0.3) is 0 Å². The summed E-state index contributed by atoms with van der Waals surface area (Å²) in [6.07, 6.45) is 1.27. The van der Waals surface area contributed by atoms with Crippen molar-refractivity contribution in [3.05, 3.63) is 41.3 Å². The van der Waals surface area contributed by atoms with Crippen LogP contribution in [-0.2, 0) is 10.1 Å². The minimum atomic E-state index is -4.25. The molecule has 1 aromatic rings. The third-order valence-corrected chi connectivity index (χ3v) is 4.38. The Balaban J connectivity index is 0.000000400. The van der Waals surface area contributed by atoms with E-state index in [0.717, 1.165) is 0 Å². The summed E-state index contributed by atoms with van der Waals surface area (Å²) in [5, 5.41) is 0.641. The zero-order valence-electron chi connectivity index (χ0n) is 13.5. The van der Waals surface area contributed by atoms with Gasteiger partial charge in [0, 0.05) is 5.41 Å². The molecule has 0 fully saturated rings. The van der Waals surface area contributed by atoms with Gasteiger partial charge in [0.1, 0.15) is 10.1 Å². The quantitative estimate of drug-likeness (QED) is 0.599. The molecule has 5 heteroatoms. The molecule has 120 valence electrons. The van der Waals surface area contributed by atoms with Gasteiger partial charge in [-0.2, -0.15) is 0 Å². The van der Waals surface area contributed by atoms with Crippen molar-refractivity contribution < 1.29 is 17.5 Å². The third kappa shape index (κ3) is 8.65. The number of nitrogens with zero attached hydrogens (tertiary/aromatic N) is 1. The van der Waals surface area contributed by atoms with Crippen LogP contribution in [0.4, 0.5) is 0 Å². The van der Waals surface area contributed by atoms with Crippen LogP contribution in [0.15, 0.2) is 35.7 Å². The first-order chi connectivity index (χ1) is 9.82. The molecule has 0 spiro atoms. The number of rotatable bonds is 6. The molecule has 0 aliphatic heterocycles. The van der Waals surface area contributed by atoms with Gasteiger partial charge in [0.2, 0.25) is 0 Å². The molecule has 0 saturated heterocycles. The average molecular weight is 313 g/mol. The maximum absolute atomic E-state index is 10.2. The van der Waals surface area contributed by atoms with Crippen molar-refractivity contribution in [2.45, 2.75) is 27.7 Å². The second kappa shape index (κ2) is 9.71.